The third-order valence-corrected chi connectivity index (χ3v) is 7.09. The second kappa shape index (κ2) is 15.6. The number of nitrogens with one attached hydrogen (secondary N) is 1. The van der Waals surface area contributed by atoms with Crippen molar-refractivity contribution in [3.05, 3.63) is 113 Å². The normalized spacial score (nSPS) is 11.5. The van der Waals surface area contributed by atoms with E-state index in [2.05, 4.69) is 12.2 Å². The first-order valence-corrected chi connectivity index (χ1v) is 14.7. The van der Waals surface area contributed by atoms with Gasteiger partial charge in [-0.2, -0.15) is 0 Å². The fraction of sp³-hybridized carbons (Fsp3) is 0.257. The van der Waals surface area contributed by atoms with E-state index >= 15 is 0 Å². The second-order valence-corrected chi connectivity index (χ2v) is 10.5. The van der Waals surface area contributed by atoms with Gasteiger partial charge in [0, 0.05) is 17.0 Å². The molecule has 0 aromatic heterocycles. The Labute approximate surface area is 252 Å². The lowest BCUT2D eigenvalue weighted by molar-refractivity contribution is -0.139. The van der Waals surface area contributed by atoms with Crippen molar-refractivity contribution in [3.63, 3.8) is 0 Å². The molecule has 4 rings (SSSR count). The number of halogens is 1. The number of rotatable bonds is 15. The van der Waals surface area contributed by atoms with E-state index in [-0.39, 0.29) is 12.0 Å². The van der Waals surface area contributed by atoms with E-state index in [0.29, 0.717) is 23.1 Å². The van der Waals surface area contributed by atoms with Gasteiger partial charge in [0.1, 0.15) is 23.3 Å². The van der Waals surface area contributed by atoms with Crippen molar-refractivity contribution in [3.8, 4) is 28.4 Å². The SMILES string of the molecule is CCCCCCCOc1ccc(Cl)cc1C(=O)N[C@@H](Cc1ccc(-c2ccccc2Oc2ccccc2)cc1)C(=O)O. The zero-order valence-electron chi connectivity index (χ0n) is 23.7. The van der Waals surface area contributed by atoms with Crippen LogP contribution in [0.1, 0.15) is 54.9 Å². The molecule has 0 heterocycles. The van der Waals surface area contributed by atoms with Crippen molar-refractivity contribution < 1.29 is 24.2 Å². The summed E-state index contributed by atoms with van der Waals surface area (Å²) in [5.41, 5.74) is 2.82. The van der Waals surface area contributed by atoms with Gasteiger partial charge < -0.3 is 19.9 Å². The highest BCUT2D eigenvalue weighted by molar-refractivity contribution is 6.31. The quantitative estimate of drug-likeness (QED) is 0.136. The number of para-hydroxylation sites is 2. The Morgan fingerprint density at radius 2 is 1.55 bits per heavy atom. The number of carboxylic acids is 1. The number of carboxylic acid groups (broad SMARTS) is 1. The summed E-state index contributed by atoms with van der Waals surface area (Å²) in [4.78, 5) is 25.3. The number of carbonyl (C=O) groups is 2. The molecule has 42 heavy (non-hydrogen) atoms. The van der Waals surface area contributed by atoms with Crippen LogP contribution >= 0.6 is 11.6 Å². The molecule has 7 heteroatoms. The minimum atomic E-state index is -1.14. The predicted molar refractivity (Wildman–Crippen MR) is 167 cm³/mol. The minimum Gasteiger partial charge on any atom is -0.493 e. The monoisotopic (exact) mass is 585 g/mol. The molecule has 0 aliphatic rings. The molecule has 2 N–H and O–H groups in total. The molecule has 1 atom stereocenters. The molecule has 218 valence electrons. The van der Waals surface area contributed by atoms with E-state index in [1.54, 1.807) is 12.1 Å². The Hall–Kier alpha value is -4.29. The molecule has 4 aromatic carbocycles. The zero-order valence-corrected chi connectivity index (χ0v) is 24.5. The maximum atomic E-state index is 13.2. The Balaban J connectivity index is 1.43. The molecule has 0 saturated heterocycles. The van der Waals surface area contributed by atoms with Crippen LogP contribution in [0.4, 0.5) is 0 Å². The number of carbonyl (C=O) groups excluding carboxylic acids is 1. The van der Waals surface area contributed by atoms with Gasteiger partial charge in [0.15, 0.2) is 0 Å². The van der Waals surface area contributed by atoms with Crippen molar-refractivity contribution in [2.24, 2.45) is 0 Å². The summed E-state index contributed by atoms with van der Waals surface area (Å²) >= 11 is 6.17. The van der Waals surface area contributed by atoms with Gasteiger partial charge in [-0.25, -0.2) is 4.79 Å². The van der Waals surface area contributed by atoms with Gasteiger partial charge in [-0.15, -0.1) is 0 Å². The first-order valence-electron chi connectivity index (χ1n) is 14.3. The number of ether oxygens (including phenoxy) is 2. The third-order valence-electron chi connectivity index (χ3n) is 6.86. The molecule has 0 fully saturated rings. The molecule has 1 amide bonds. The van der Waals surface area contributed by atoms with E-state index < -0.39 is 17.9 Å². The Bertz CT molecular complexity index is 1460. The van der Waals surface area contributed by atoms with Gasteiger partial charge in [-0.05, 0) is 53.9 Å². The average Bonchev–Trinajstić information content (AvgIpc) is 3.00. The number of aliphatic carboxylic acids is 1. The molecular formula is C35H36ClNO5. The maximum absolute atomic E-state index is 13.2. The molecule has 0 saturated carbocycles. The summed E-state index contributed by atoms with van der Waals surface area (Å²) in [6, 6.07) is 28.5. The number of amides is 1. The van der Waals surface area contributed by atoms with Crippen molar-refractivity contribution in [1.29, 1.82) is 0 Å². The van der Waals surface area contributed by atoms with Crippen molar-refractivity contribution in [2.75, 3.05) is 6.61 Å². The highest BCUT2D eigenvalue weighted by atomic mass is 35.5. The first-order chi connectivity index (χ1) is 20.4. The molecule has 0 aliphatic carbocycles. The lowest BCUT2D eigenvalue weighted by Crippen LogP contribution is -2.42. The van der Waals surface area contributed by atoms with Crippen LogP contribution in [0, 0.1) is 0 Å². The number of hydrogen-bond donors (Lipinski definition) is 2. The second-order valence-electron chi connectivity index (χ2n) is 10.1. The maximum Gasteiger partial charge on any atom is 0.326 e. The fourth-order valence-electron chi connectivity index (χ4n) is 4.60. The lowest BCUT2D eigenvalue weighted by atomic mass is 9.99. The standard InChI is InChI=1S/C35H36ClNO5/c1-2-3-4-5-11-22-41-32-21-20-27(36)24-30(32)34(38)37-31(35(39)40)23-25-16-18-26(19-17-25)29-14-9-10-15-33(29)42-28-12-7-6-8-13-28/h6-10,12-21,24,31H,2-5,11,22-23H2,1H3,(H,37,38)(H,39,40)/t31-/m0/s1. The zero-order chi connectivity index (χ0) is 29.7. The summed E-state index contributed by atoms with van der Waals surface area (Å²) in [7, 11) is 0. The molecular weight excluding hydrogens is 550 g/mol. The van der Waals surface area contributed by atoms with Crippen LogP contribution in [-0.4, -0.2) is 29.6 Å². The molecule has 4 aromatic rings. The molecule has 0 bridgehead atoms. The van der Waals surface area contributed by atoms with E-state index in [4.69, 9.17) is 21.1 Å². The van der Waals surface area contributed by atoms with Gasteiger partial charge in [-0.3, -0.25) is 4.79 Å². The van der Waals surface area contributed by atoms with Crippen molar-refractivity contribution in [1.82, 2.24) is 5.32 Å². The molecule has 0 unspecified atom stereocenters. The summed E-state index contributed by atoms with van der Waals surface area (Å²) < 4.78 is 12.0. The topological polar surface area (TPSA) is 84.9 Å². The largest absolute Gasteiger partial charge is 0.493 e. The van der Waals surface area contributed by atoms with Gasteiger partial charge in [0.25, 0.3) is 5.91 Å². The number of unbranched alkanes of at least 4 members (excludes halogenated alkanes) is 4. The van der Waals surface area contributed by atoms with Crippen LogP contribution in [0.25, 0.3) is 11.1 Å². The average molecular weight is 586 g/mol. The number of hydrogen-bond acceptors (Lipinski definition) is 4. The van der Waals surface area contributed by atoms with E-state index in [0.717, 1.165) is 48.1 Å². The van der Waals surface area contributed by atoms with Crippen LogP contribution in [0.5, 0.6) is 17.2 Å². The van der Waals surface area contributed by atoms with Crippen LogP contribution in [-0.2, 0) is 11.2 Å². The minimum absolute atomic E-state index is 0.109. The predicted octanol–water partition coefficient (Wildman–Crippen LogP) is 8.57. The Morgan fingerprint density at radius 3 is 2.29 bits per heavy atom. The van der Waals surface area contributed by atoms with Gasteiger partial charge >= 0.3 is 5.97 Å². The summed E-state index contributed by atoms with van der Waals surface area (Å²) in [6.07, 6.45) is 5.52. The van der Waals surface area contributed by atoms with Gasteiger partial charge in [0.05, 0.1) is 12.2 Å². The van der Waals surface area contributed by atoms with Gasteiger partial charge in [0.2, 0.25) is 0 Å². The van der Waals surface area contributed by atoms with Crippen molar-refractivity contribution >= 4 is 23.5 Å². The lowest BCUT2D eigenvalue weighted by Gasteiger charge is -2.17. The first kappa shape index (κ1) is 30.7. The van der Waals surface area contributed by atoms with Crippen LogP contribution in [0.2, 0.25) is 5.02 Å². The summed E-state index contributed by atoms with van der Waals surface area (Å²) in [5.74, 6) is 0.163. The molecule has 0 radical (unpaired) electrons. The highest BCUT2D eigenvalue weighted by Gasteiger charge is 2.23. The smallest absolute Gasteiger partial charge is 0.326 e. The Morgan fingerprint density at radius 1 is 0.833 bits per heavy atom. The Kier molecular flexibility index (Phi) is 11.4. The van der Waals surface area contributed by atoms with E-state index in [9.17, 15) is 14.7 Å². The summed E-state index contributed by atoms with van der Waals surface area (Å²) in [6.45, 7) is 2.64. The highest BCUT2D eigenvalue weighted by Crippen LogP contribution is 2.33. The van der Waals surface area contributed by atoms with Crippen LogP contribution in [0.3, 0.4) is 0 Å². The van der Waals surface area contributed by atoms with E-state index in [1.165, 1.54) is 12.5 Å². The summed E-state index contributed by atoms with van der Waals surface area (Å²) in [5, 5.41) is 12.9. The molecule has 6 nitrogen and oxygen atoms in total. The van der Waals surface area contributed by atoms with Crippen LogP contribution < -0.4 is 14.8 Å². The number of benzene rings is 4. The van der Waals surface area contributed by atoms with Gasteiger partial charge in [-0.1, -0.05) is 105 Å². The molecule has 0 spiro atoms. The third kappa shape index (κ3) is 8.85. The van der Waals surface area contributed by atoms with E-state index in [1.807, 2.05) is 78.9 Å². The van der Waals surface area contributed by atoms with Crippen molar-refractivity contribution in [2.45, 2.75) is 51.5 Å². The van der Waals surface area contributed by atoms with Crippen LogP contribution in [0.15, 0.2) is 97.1 Å². The molecule has 0 aliphatic heterocycles. The fourth-order valence-corrected chi connectivity index (χ4v) is 4.77.